The van der Waals surface area contributed by atoms with Gasteiger partial charge in [0.15, 0.2) is 0 Å². The van der Waals surface area contributed by atoms with Gasteiger partial charge in [-0.05, 0) is 13.0 Å². The molecule has 3 heterocycles. The highest BCUT2D eigenvalue weighted by Gasteiger charge is 2.24. The molecule has 0 spiro atoms. The van der Waals surface area contributed by atoms with Gasteiger partial charge in [-0.25, -0.2) is 9.97 Å². The number of amides is 1. The van der Waals surface area contributed by atoms with E-state index in [-0.39, 0.29) is 5.91 Å². The van der Waals surface area contributed by atoms with E-state index >= 15 is 0 Å². The fraction of sp³-hybridized carbons (Fsp3) is 0.562. The van der Waals surface area contributed by atoms with Crippen LogP contribution in [0.2, 0.25) is 0 Å². The second-order valence-corrected chi connectivity index (χ2v) is 7.70. The Morgan fingerprint density at radius 1 is 1.17 bits per heavy atom. The summed E-state index contributed by atoms with van der Waals surface area (Å²) in [5, 5.41) is 6.12. The molecule has 0 aromatic carbocycles. The molecule has 1 fully saturated rings. The summed E-state index contributed by atoms with van der Waals surface area (Å²) >= 11 is 3.25. The minimum Gasteiger partial charge on any atom is -0.335 e. The summed E-state index contributed by atoms with van der Waals surface area (Å²) in [6.07, 6.45) is 1.73. The lowest BCUT2D eigenvalue weighted by Crippen LogP contribution is -2.48. The van der Waals surface area contributed by atoms with Crippen LogP contribution in [-0.2, 0) is 19.4 Å². The van der Waals surface area contributed by atoms with E-state index in [2.05, 4.69) is 27.2 Å². The quantitative estimate of drug-likeness (QED) is 0.842. The third-order valence-electron chi connectivity index (χ3n) is 4.08. The van der Waals surface area contributed by atoms with Gasteiger partial charge in [-0.2, -0.15) is 0 Å². The number of aromatic nitrogens is 2. The molecule has 0 atom stereocenters. The number of thiazole rings is 2. The van der Waals surface area contributed by atoms with Crippen molar-refractivity contribution in [2.45, 2.75) is 26.3 Å². The van der Waals surface area contributed by atoms with Crippen LogP contribution in [0.4, 0.5) is 0 Å². The molecule has 1 saturated heterocycles. The van der Waals surface area contributed by atoms with Crippen LogP contribution < -0.4 is 5.73 Å². The lowest BCUT2D eigenvalue weighted by Gasteiger charge is -2.34. The Morgan fingerprint density at radius 2 is 1.92 bits per heavy atom. The molecule has 6 nitrogen and oxygen atoms in total. The largest absolute Gasteiger partial charge is 0.335 e. The first-order valence-corrected chi connectivity index (χ1v) is 10.0. The van der Waals surface area contributed by atoms with E-state index in [4.69, 9.17) is 5.73 Å². The van der Waals surface area contributed by atoms with Gasteiger partial charge in [-0.1, -0.05) is 6.92 Å². The normalized spacial score (nSPS) is 15.8. The Labute approximate surface area is 150 Å². The zero-order valence-corrected chi connectivity index (χ0v) is 15.5. The van der Waals surface area contributed by atoms with Crippen LogP contribution in [-0.4, -0.2) is 58.4 Å². The van der Waals surface area contributed by atoms with E-state index in [1.54, 1.807) is 11.3 Å². The van der Waals surface area contributed by atoms with E-state index in [1.807, 2.05) is 10.3 Å². The van der Waals surface area contributed by atoms with Gasteiger partial charge in [-0.15, -0.1) is 22.7 Å². The molecular weight excluding hydrogens is 342 g/mol. The van der Waals surface area contributed by atoms with Crippen molar-refractivity contribution in [1.29, 1.82) is 0 Å². The smallest absolute Gasteiger partial charge is 0.273 e. The van der Waals surface area contributed by atoms with Crippen LogP contribution in [0, 0.1) is 0 Å². The van der Waals surface area contributed by atoms with Crippen molar-refractivity contribution >= 4 is 28.6 Å². The predicted molar refractivity (Wildman–Crippen MR) is 97.5 cm³/mol. The zero-order valence-electron chi connectivity index (χ0n) is 13.9. The predicted octanol–water partition coefficient (Wildman–Crippen LogP) is 1.62. The maximum atomic E-state index is 12.5. The summed E-state index contributed by atoms with van der Waals surface area (Å²) in [5.41, 5.74) is 7.24. The molecule has 0 aliphatic carbocycles. The Bertz CT molecular complexity index is 676. The minimum atomic E-state index is 0.0381. The van der Waals surface area contributed by atoms with Gasteiger partial charge in [-0.3, -0.25) is 9.69 Å². The zero-order chi connectivity index (χ0) is 16.9. The molecule has 1 aliphatic rings. The molecule has 0 bridgehead atoms. The number of hydrogen-bond acceptors (Lipinski definition) is 7. The fourth-order valence-corrected chi connectivity index (χ4v) is 4.26. The lowest BCUT2D eigenvalue weighted by molar-refractivity contribution is 0.0622. The summed E-state index contributed by atoms with van der Waals surface area (Å²) in [6.45, 7) is 6.81. The standard InChI is InChI=1S/C16H23N5OS2/c1-2-14-18-12(10-23-14)9-20-5-7-21(8-6-20)16(22)13-11-24-15(19-13)3-4-17/h10-11H,2-9,17H2,1H3. The molecule has 2 aromatic rings. The number of nitrogens with zero attached hydrogens (tertiary/aromatic N) is 4. The topological polar surface area (TPSA) is 75.4 Å². The molecule has 130 valence electrons. The van der Waals surface area contributed by atoms with Crippen LogP contribution in [0.5, 0.6) is 0 Å². The minimum absolute atomic E-state index is 0.0381. The SMILES string of the molecule is CCc1nc(CN2CCN(C(=O)c3csc(CCN)n3)CC2)cs1. The third kappa shape index (κ3) is 4.18. The van der Waals surface area contributed by atoms with Gasteiger partial charge in [0.05, 0.1) is 15.7 Å². The summed E-state index contributed by atoms with van der Waals surface area (Å²) in [5.74, 6) is 0.0381. The highest BCUT2D eigenvalue weighted by molar-refractivity contribution is 7.10. The first kappa shape index (κ1) is 17.5. The number of carbonyl (C=O) groups is 1. The molecule has 1 aliphatic heterocycles. The van der Waals surface area contributed by atoms with Gasteiger partial charge in [0.1, 0.15) is 5.69 Å². The maximum Gasteiger partial charge on any atom is 0.273 e. The highest BCUT2D eigenvalue weighted by atomic mass is 32.1. The molecule has 3 rings (SSSR count). The van der Waals surface area contributed by atoms with Crippen molar-refractivity contribution in [3.05, 3.63) is 32.2 Å². The molecule has 8 heteroatoms. The number of nitrogens with two attached hydrogens (primary N) is 1. The van der Waals surface area contributed by atoms with Crippen molar-refractivity contribution < 1.29 is 4.79 Å². The fourth-order valence-electron chi connectivity index (χ4n) is 2.73. The number of aryl methyl sites for hydroxylation is 1. The molecule has 0 radical (unpaired) electrons. The van der Waals surface area contributed by atoms with Gasteiger partial charge >= 0.3 is 0 Å². The Morgan fingerprint density at radius 3 is 2.58 bits per heavy atom. The second-order valence-electron chi connectivity index (χ2n) is 5.82. The summed E-state index contributed by atoms with van der Waals surface area (Å²) < 4.78 is 0. The van der Waals surface area contributed by atoms with E-state index in [0.717, 1.165) is 56.3 Å². The first-order chi connectivity index (χ1) is 11.7. The van der Waals surface area contributed by atoms with Crippen LogP contribution in [0.25, 0.3) is 0 Å². The van der Waals surface area contributed by atoms with Gasteiger partial charge in [0.25, 0.3) is 5.91 Å². The van der Waals surface area contributed by atoms with Crippen molar-refractivity contribution in [3.8, 4) is 0 Å². The number of hydrogen-bond donors (Lipinski definition) is 1. The molecule has 1 amide bonds. The number of piperazine rings is 1. The van der Waals surface area contributed by atoms with Crippen LogP contribution >= 0.6 is 22.7 Å². The molecule has 0 saturated carbocycles. The summed E-state index contributed by atoms with van der Waals surface area (Å²) in [4.78, 5) is 25.8. The summed E-state index contributed by atoms with van der Waals surface area (Å²) in [6, 6.07) is 0. The number of carbonyl (C=O) groups excluding carboxylic acids is 1. The van der Waals surface area contributed by atoms with E-state index < -0.39 is 0 Å². The van der Waals surface area contributed by atoms with Gasteiger partial charge < -0.3 is 10.6 Å². The van der Waals surface area contributed by atoms with Gasteiger partial charge in [0, 0.05) is 49.9 Å². The third-order valence-corrected chi connectivity index (χ3v) is 6.03. The summed E-state index contributed by atoms with van der Waals surface area (Å²) in [7, 11) is 0. The lowest BCUT2D eigenvalue weighted by atomic mass is 10.2. The van der Waals surface area contributed by atoms with Crippen molar-refractivity contribution in [3.63, 3.8) is 0 Å². The van der Waals surface area contributed by atoms with Gasteiger partial charge in [0.2, 0.25) is 0 Å². The maximum absolute atomic E-state index is 12.5. The molecule has 2 N–H and O–H groups in total. The van der Waals surface area contributed by atoms with Crippen molar-refractivity contribution in [1.82, 2.24) is 19.8 Å². The van der Waals surface area contributed by atoms with Crippen molar-refractivity contribution in [2.24, 2.45) is 5.73 Å². The van der Waals surface area contributed by atoms with E-state index in [1.165, 1.54) is 16.3 Å². The van der Waals surface area contributed by atoms with Crippen LogP contribution in [0.15, 0.2) is 10.8 Å². The molecule has 0 unspecified atom stereocenters. The highest BCUT2D eigenvalue weighted by Crippen LogP contribution is 2.16. The monoisotopic (exact) mass is 365 g/mol. The van der Waals surface area contributed by atoms with Crippen molar-refractivity contribution in [2.75, 3.05) is 32.7 Å². The average molecular weight is 366 g/mol. The first-order valence-electron chi connectivity index (χ1n) is 8.29. The molecule has 2 aromatic heterocycles. The Kier molecular flexibility index (Phi) is 5.94. The average Bonchev–Trinajstić information content (AvgIpc) is 3.25. The van der Waals surface area contributed by atoms with E-state index in [0.29, 0.717) is 12.2 Å². The van der Waals surface area contributed by atoms with Crippen LogP contribution in [0.1, 0.15) is 33.1 Å². The second kappa shape index (κ2) is 8.15. The van der Waals surface area contributed by atoms with Crippen LogP contribution in [0.3, 0.4) is 0 Å². The molecule has 24 heavy (non-hydrogen) atoms. The van der Waals surface area contributed by atoms with E-state index in [9.17, 15) is 4.79 Å². The Hall–Kier alpha value is -1.35. The number of rotatable bonds is 6. The Balaban J connectivity index is 1.51. The molecular formula is C16H23N5OS2.